The highest BCUT2D eigenvalue weighted by Crippen LogP contribution is 2.23. The van der Waals surface area contributed by atoms with Crippen molar-refractivity contribution >= 4 is 23.4 Å². The molecule has 0 aliphatic rings. The molecule has 0 radical (unpaired) electrons. The van der Waals surface area contributed by atoms with Gasteiger partial charge in [0.05, 0.1) is 12.0 Å². The smallest absolute Gasteiger partial charge is 0.273 e. The molecule has 1 aromatic heterocycles. The van der Waals surface area contributed by atoms with Crippen LogP contribution in [0.2, 0.25) is 0 Å². The Morgan fingerprint density at radius 3 is 2.43 bits per heavy atom. The molecule has 0 aliphatic carbocycles. The third kappa shape index (κ3) is 5.23. The highest BCUT2D eigenvalue weighted by Gasteiger charge is 2.33. The van der Waals surface area contributed by atoms with Gasteiger partial charge in [-0.1, -0.05) is 0 Å². The average Bonchev–Trinajstić information content (AvgIpc) is 2.91. The quantitative estimate of drug-likeness (QED) is 0.772. The largest absolute Gasteiger partial charge is 0.446 e. The maximum atomic E-state index is 12.6. The molecule has 23 heavy (non-hydrogen) atoms. The molecule has 0 saturated carbocycles. The molecule has 130 valence electrons. The number of aromatic nitrogens is 1. The number of hydrogen-bond donors (Lipinski definition) is 1. The minimum atomic E-state index is -0.670. The Bertz CT molecular complexity index is 553. The van der Waals surface area contributed by atoms with E-state index in [1.807, 2.05) is 27.7 Å². The fourth-order valence-corrected chi connectivity index (χ4v) is 2.02. The summed E-state index contributed by atoms with van der Waals surface area (Å²) in [6, 6.07) is -0.0225. The van der Waals surface area contributed by atoms with Gasteiger partial charge in [-0.3, -0.25) is 9.59 Å². The molecule has 0 unspecified atom stereocenters. The Hall–Kier alpha value is -1.56. The van der Waals surface area contributed by atoms with Gasteiger partial charge >= 0.3 is 0 Å². The van der Waals surface area contributed by atoms with Crippen LogP contribution in [0.1, 0.15) is 57.9 Å². The maximum absolute atomic E-state index is 12.6. The summed E-state index contributed by atoms with van der Waals surface area (Å²) >= 11 is 5.89. The second-order valence-electron chi connectivity index (χ2n) is 6.80. The first kappa shape index (κ1) is 19.5. The highest BCUT2D eigenvalue weighted by molar-refractivity contribution is 6.19. The summed E-state index contributed by atoms with van der Waals surface area (Å²) in [5.41, 5.74) is -0.461. The monoisotopic (exact) mass is 343 g/mol. The SMILES string of the molecule is CC(C)NC(=O)c1coc(CN(C(=O)C(C)(C)CCl)C(C)C)n1. The molecule has 7 heteroatoms. The van der Waals surface area contributed by atoms with Crippen molar-refractivity contribution in [3.8, 4) is 0 Å². The standard InChI is InChI=1S/C16H26ClN3O3/c1-10(2)18-14(21)12-8-23-13(19-12)7-20(11(3)4)15(22)16(5,6)9-17/h8,10-11H,7,9H2,1-6H3,(H,18,21). The third-order valence-corrected chi connectivity index (χ3v) is 3.98. The lowest BCUT2D eigenvalue weighted by molar-refractivity contribution is -0.142. The molecule has 0 saturated heterocycles. The number of carbonyl (C=O) groups excluding carboxylic acids is 2. The Morgan fingerprint density at radius 2 is 1.96 bits per heavy atom. The van der Waals surface area contributed by atoms with E-state index in [1.54, 1.807) is 18.7 Å². The van der Waals surface area contributed by atoms with Crippen LogP contribution >= 0.6 is 11.6 Å². The van der Waals surface area contributed by atoms with Crippen molar-refractivity contribution in [2.75, 3.05) is 5.88 Å². The van der Waals surface area contributed by atoms with E-state index in [-0.39, 0.29) is 42.0 Å². The Labute approximate surface area is 142 Å². The van der Waals surface area contributed by atoms with Gasteiger partial charge in [-0.05, 0) is 41.5 Å². The zero-order valence-corrected chi connectivity index (χ0v) is 15.4. The molecule has 0 spiro atoms. The number of nitrogens with zero attached hydrogens (tertiary/aromatic N) is 2. The Morgan fingerprint density at radius 1 is 1.35 bits per heavy atom. The van der Waals surface area contributed by atoms with E-state index >= 15 is 0 Å². The van der Waals surface area contributed by atoms with Crippen molar-refractivity contribution in [3.63, 3.8) is 0 Å². The average molecular weight is 344 g/mol. The number of oxazole rings is 1. The van der Waals surface area contributed by atoms with Gasteiger partial charge in [0, 0.05) is 18.0 Å². The van der Waals surface area contributed by atoms with Crippen LogP contribution in [0.3, 0.4) is 0 Å². The number of hydrogen-bond acceptors (Lipinski definition) is 4. The molecule has 1 heterocycles. The van der Waals surface area contributed by atoms with Crippen LogP contribution in [0.4, 0.5) is 0 Å². The zero-order chi connectivity index (χ0) is 17.8. The number of halogens is 1. The molecule has 0 atom stereocenters. The molecule has 2 amide bonds. The van der Waals surface area contributed by atoms with Gasteiger partial charge in [0.2, 0.25) is 11.8 Å². The van der Waals surface area contributed by atoms with Gasteiger partial charge in [0.15, 0.2) is 5.69 Å². The number of alkyl halides is 1. The number of amides is 2. The summed E-state index contributed by atoms with van der Waals surface area (Å²) in [6.07, 6.45) is 1.31. The van der Waals surface area contributed by atoms with E-state index in [0.29, 0.717) is 5.89 Å². The van der Waals surface area contributed by atoms with Crippen LogP contribution in [0, 0.1) is 5.41 Å². The summed E-state index contributed by atoms with van der Waals surface area (Å²) in [4.78, 5) is 30.3. The maximum Gasteiger partial charge on any atom is 0.273 e. The van der Waals surface area contributed by atoms with Crippen molar-refractivity contribution in [1.82, 2.24) is 15.2 Å². The highest BCUT2D eigenvalue weighted by atomic mass is 35.5. The summed E-state index contributed by atoms with van der Waals surface area (Å²) in [5.74, 6) is 0.182. The van der Waals surface area contributed by atoms with E-state index in [9.17, 15) is 9.59 Å². The molecule has 0 aliphatic heterocycles. The van der Waals surface area contributed by atoms with Crippen LogP contribution in [-0.4, -0.2) is 39.7 Å². The fourth-order valence-electron chi connectivity index (χ4n) is 1.90. The molecule has 0 aromatic carbocycles. The van der Waals surface area contributed by atoms with Gasteiger partial charge < -0.3 is 14.6 Å². The van der Waals surface area contributed by atoms with Crippen molar-refractivity contribution in [1.29, 1.82) is 0 Å². The van der Waals surface area contributed by atoms with E-state index in [4.69, 9.17) is 16.0 Å². The van der Waals surface area contributed by atoms with E-state index < -0.39 is 5.41 Å². The van der Waals surface area contributed by atoms with Crippen LogP contribution in [0.25, 0.3) is 0 Å². The van der Waals surface area contributed by atoms with Gasteiger partial charge in [-0.25, -0.2) is 4.98 Å². The molecule has 1 rings (SSSR count). The van der Waals surface area contributed by atoms with Crippen molar-refractivity contribution in [3.05, 3.63) is 17.8 Å². The van der Waals surface area contributed by atoms with Gasteiger partial charge in [-0.15, -0.1) is 11.6 Å². The van der Waals surface area contributed by atoms with Crippen LogP contribution in [-0.2, 0) is 11.3 Å². The fraction of sp³-hybridized carbons (Fsp3) is 0.688. The first-order valence-corrected chi connectivity index (χ1v) is 8.24. The first-order chi connectivity index (χ1) is 10.6. The van der Waals surface area contributed by atoms with E-state index in [0.717, 1.165) is 0 Å². The minimum Gasteiger partial charge on any atom is -0.446 e. The Balaban J connectivity index is 2.89. The first-order valence-electron chi connectivity index (χ1n) is 7.70. The molecule has 1 aromatic rings. The molecule has 0 bridgehead atoms. The third-order valence-electron chi connectivity index (χ3n) is 3.31. The summed E-state index contributed by atoms with van der Waals surface area (Å²) in [5, 5.41) is 2.75. The Kier molecular flexibility index (Phi) is 6.62. The second-order valence-corrected chi connectivity index (χ2v) is 7.07. The summed E-state index contributed by atoms with van der Waals surface area (Å²) in [7, 11) is 0. The molecule has 0 fully saturated rings. The van der Waals surface area contributed by atoms with Gasteiger partial charge in [0.1, 0.15) is 6.26 Å². The normalized spacial score (nSPS) is 11.9. The molecule has 6 nitrogen and oxygen atoms in total. The van der Waals surface area contributed by atoms with Crippen molar-refractivity contribution in [2.45, 2.75) is 60.2 Å². The molecular weight excluding hydrogens is 318 g/mol. The topological polar surface area (TPSA) is 75.4 Å². The number of rotatable bonds is 7. The lowest BCUT2D eigenvalue weighted by atomic mass is 9.93. The van der Waals surface area contributed by atoms with Crippen LogP contribution in [0.15, 0.2) is 10.7 Å². The summed E-state index contributed by atoms with van der Waals surface area (Å²) < 4.78 is 5.35. The lowest BCUT2D eigenvalue weighted by Gasteiger charge is -2.32. The second kappa shape index (κ2) is 7.81. The van der Waals surface area contributed by atoms with Crippen LogP contribution in [0.5, 0.6) is 0 Å². The van der Waals surface area contributed by atoms with Gasteiger partial charge in [0.25, 0.3) is 5.91 Å². The van der Waals surface area contributed by atoms with E-state index in [1.165, 1.54) is 6.26 Å². The van der Waals surface area contributed by atoms with Crippen molar-refractivity contribution in [2.24, 2.45) is 5.41 Å². The van der Waals surface area contributed by atoms with E-state index in [2.05, 4.69) is 10.3 Å². The predicted octanol–water partition coefficient (Wildman–Crippen LogP) is 2.81. The zero-order valence-electron chi connectivity index (χ0n) is 14.6. The lowest BCUT2D eigenvalue weighted by Crippen LogP contribution is -2.45. The predicted molar refractivity (Wildman–Crippen MR) is 89.3 cm³/mol. The molecule has 1 N–H and O–H groups in total. The van der Waals surface area contributed by atoms with Crippen molar-refractivity contribution < 1.29 is 14.0 Å². The number of carbonyl (C=O) groups is 2. The molecular formula is C16H26ClN3O3. The minimum absolute atomic E-state index is 0.0147. The van der Waals surface area contributed by atoms with Gasteiger partial charge in [-0.2, -0.15) is 0 Å². The number of nitrogens with one attached hydrogen (secondary N) is 1. The van der Waals surface area contributed by atoms with Crippen LogP contribution < -0.4 is 5.32 Å². The summed E-state index contributed by atoms with van der Waals surface area (Å²) in [6.45, 7) is 11.4.